The van der Waals surface area contributed by atoms with Crippen LogP contribution in [0, 0.1) is 11.8 Å². The predicted molar refractivity (Wildman–Crippen MR) is 72.8 cm³/mol. The van der Waals surface area contributed by atoms with Gasteiger partial charge >= 0.3 is 0 Å². The lowest BCUT2D eigenvalue weighted by Gasteiger charge is -2.20. The monoisotopic (exact) mass is 248 g/mol. The molecule has 0 aliphatic heterocycles. The van der Waals surface area contributed by atoms with Gasteiger partial charge in [-0.2, -0.15) is 0 Å². The predicted octanol–water partition coefficient (Wildman–Crippen LogP) is 1.32. The molecule has 0 spiro atoms. The maximum atomic E-state index is 5.80. The maximum absolute atomic E-state index is 5.80. The van der Waals surface area contributed by atoms with E-state index in [4.69, 9.17) is 15.2 Å². The Morgan fingerprint density at radius 1 is 1.33 bits per heavy atom. The van der Waals surface area contributed by atoms with Crippen LogP contribution in [0.15, 0.2) is 18.2 Å². The third-order valence-electron chi connectivity index (χ3n) is 2.66. The first kappa shape index (κ1) is 14.4. The summed E-state index contributed by atoms with van der Waals surface area (Å²) in [6.45, 7) is 2.87. The average Bonchev–Trinajstić information content (AvgIpc) is 2.42. The molecule has 4 heteroatoms. The molecule has 1 unspecified atom stereocenters. The number of nitrogens with one attached hydrogen (secondary N) is 1. The summed E-state index contributed by atoms with van der Waals surface area (Å²) < 4.78 is 10.7. The fraction of sp³-hybridized carbons (Fsp3) is 0.429. The van der Waals surface area contributed by atoms with Crippen molar-refractivity contribution in [3.63, 3.8) is 0 Å². The van der Waals surface area contributed by atoms with E-state index in [-0.39, 0.29) is 6.04 Å². The highest BCUT2D eigenvalue weighted by Gasteiger charge is 2.16. The number of hydrogen-bond donors (Lipinski definition) is 2. The third-order valence-corrected chi connectivity index (χ3v) is 2.66. The van der Waals surface area contributed by atoms with E-state index in [1.165, 1.54) is 0 Å². The highest BCUT2D eigenvalue weighted by molar-refractivity contribution is 5.48. The zero-order valence-electron chi connectivity index (χ0n) is 11.1. The summed E-state index contributed by atoms with van der Waals surface area (Å²) in [5.41, 5.74) is 6.78. The quantitative estimate of drug-likeness (QED) is 0.745. The van der Waals surface area contributed by atoms with Crippen LogP contribution in [-0.4, -0.2) is 27.3 Å². The summed E-state index contributed by atoms with van der Waals surface area (Å²) in [7, 11) is 3.25. The van der Waals surface area contributed by atoms with Gasteiger partial charge < -0.3 is 15.2 Å². The summed E-state index contributed by atoms with van der Waals surface area (Å²) >= 11 is 0. The smallest absolute Gasteiger partial charge is 0.165 e. The summed E-state index contributed by atoms with van der Waals surface area (Å²) in [6, 6.07) is 5.76. The number of rotatable bonds is 6. The summed E-state index contributed by atoms with van der Waals surface area (Å²) in [6.07, 6.45) is 0. The van der Waals surface area contributed by atoms with E-state index in [1.54, 1.807) is 14.2 Å². The van der Waals surface area contributed by atoms with Crippen molar-refractivity contribution in [1.82, 2.24) is 5.32 Å². The number of hydrogen-bond acceptors (Lipinski definition) is 4. The molecule has 1 aromatic carbocycles. The van der Waals surface area contributed by atoms with E-state index >= 15 is 0 Å². The number of ether oxygens (including phenoxy) is 2. The van der Waals surface area contributed by atoms with E-state index in [0.29, 0.717) is 24.6 Å². The van der Waals surface area contributed by atoms with Gasteiger partial charge in [0, 0.05) is 18.2 Å². The lowest BCUT2D eigenvalue weighted by molar-refractivity contribution is 0.347. The molecule has 0 heterocycles. The standard InChI is InChI=1S/C14H20N2O2/c1-4-5-9-16-12(10-15)11-7-6-8-13(17-2)14(11)18-3/h6-8,12,16H,9-10,15H2,1-3H3. The molecule has 0 saturated carbocycles. The molecule has 1 aromatic rings. The van der Waals surface area contributed by atoms with E-state index < -0.39 is 0 Å². The van der Waals surface area contributed by atoms with Crippen molar-refractivity contribution < 1.29 is 9.47 Å². The molecule has 3 N–H and O–H groups in total. The van der Waals surface area contributed by atoms with Crippen molar-refractivity contribution in [2.45, 2.75) is 13.0 Å². The van der Waals surface area contributed by atoms with Crippen LogP contribution < -0.4 is 20.5 Å². The Morgan fingerprint density at radius 2 is 2.11 bits per heavy atom. The zero-order valence-corrected chi connectivity index (χ0v) is 11.1. The van der Waals surface area contributed by atoms with Gasteiger partial charge in [-0.1, -0.05) is 18.1 Å². The Hall–Kier alpha value is -1.70. The average molecular weight is 248 g/mol. The molecule has 98 valence electrons. The molecular weight excluding hydrogens is 228 g/mol. The van der Waals surface area contributed by atoms with Gasteiger partial charge in [0.05, 0.1) is 20.8 Å². The molecule has 0 bridgehead atoms. The van der Waals surface area contributed by atoms with Crippen LogP contribution >= 0.6 is 0 Å². The normalized spacial score (nSPS) is 11.3. The Morgan fingerprint density at radius 3 is 2.67 bits per heavy atom. The fourth-order valence-electron chi connectivity index (χ4n) is 1.77. The summed E-state index contributed by atoms with van der Waals surface area (Å²) in [5.74, 6) is 7.22. The van der Waals surface area contributed by atoms with Crippen molar-refractivity contribution in [3.05, 3.63) is 23.8 Å². The highest BCUT2D eigenvalue weighted by Crippen LogP contribution is 2.34. The molecule has 0 saturated heterocycles. The molecule has 0 aliphatic carbocycles. The molecule has 4 nitrogen and oxygen atoms in total. The van der Waals surface area contributed by atoms with Gasteiger partial charge in [-0.15, -0.1) is 5.92 Å². The number of methoxy groups -OCH3 is 2. The first-order valence-electron chi connectivity index (χ1n) is 5.82. The van der Waals surface area contributed by atoms with Gasteiger partial charge in [-0.3, -0.25) is 5.32 Å². The first-order valence-corrected chi connectivity index (χ1v) is 5.82. The lowest BCUT2D eigenvalue weighted by Crippen LogP contribution is -2.29. The minimum absolute atomic E-state index is 0.00380. The highest BCUT2D eigenvalue weighted by atomic mass is 16.5. The van der Waals surface area contributed by atoms with Gasteiger partial charge in [0.1, 0.15) is 0 Å². The van der Waals surface area contributed by atoms with Gasteiger partial charge in [-0.05, 0) is 13.0 Å². The molecule has 0 radical (unpaired) electrons. The maximum Gasteiger partial charge on any atom is 0.165 e. The van der Waals surface area contributed by atoms with Crippen LogP contribution in [0.5, 0.6) is 11.5 Å². The minimum atomic E-state index is -0.00380. The third kappa shape index (κ3) is 3.39. The Kier molecular flexibility index (Phi) is 6.06. The van der Waals surface area contributed by atoms with Crippen LogP contribution in [0.4, 0.5) is 0 Å². The van der Waals surface area contributed by atoms with E-state index in [1.807, 2.05) is 25.1 Å². The van der Waals surface area contributed by atoms with Gasteiger partial charge in [0.25, 0.3) is 0 Å². The molecule has 0 amide bonds. The summed E-state index contributed by atoms with van der Waals surface area (Å²) in [4.78, 5) is 0. The van der Waals surface area contributed by atoms with Crippen molar-refractivity contribution in [2.75, 3.05) is 27.3 Å². The Labute approximate surface area is 108 Å². The summed E-state index contributed by atoms with van der Waals surface area (Å²) in [5, 5.41) is 3.28. The Balaban J connectivity index is 2.99. The Bertz CT molecular complexity index is 435. The second kappa shape index (κ2) is 7.59. The van der Waals surface area contributed by atoms with Gasteiger partial charge in [0.2, 0.25) is 0 Å². The number of nitrogens with two attached hydrogens (primary N) is 1. The second-order valence-electron chi connectivity index (χ2n) is 3.68. The van der Waals surface area contributed by atoms with E-state index in [2.05, 4.69) is 17.2 Å². The van der Waals surface area contributed by atoms with Gasteiger partial charge in [0.15, 0.2) is 11.5 Å². The molecule has 18 heavy (non-hydrogen) atoms. The van der Waals surface area contributed by atoms with Crippen LogP contribution in [0.25, 0.3) is 0 Å². The van der Waals surface area contributed by atoms with Crippen LogP contribution in [-0.2, 0) is 0 Å². The lowest BCUT2D eigenvalue weighted by atomic mass is 10.0. The SMILES string of the molecule is CC#CCNC(CN)c1cccc(OC)c1OC. The molecule has 1 atom stereocenters. The van der Waals surface area contributed by atoms with Crippen LogP contribution in [0.3, 0.4) is 0 Å². The molecule has 1 rings (SSSR count). The largest absolute Gasteiger partial charge is 0.493 e. The van der Waals surface area contributed by atoms with Crippen molar-refractivity contribution in [2.24, 2.45) is 5.73 Å². The molecular formula is C14H20N2O2. The van der Waals surface area contributed by atoms with E-state index in [9.17, 15) is 0 Å². The van der Waals surface area contributed by atoms with E-state index in [0.717, 1.165) is 5.56 Å². The van der Waals surface area contributed by atoms with Crippen LogP contribution in [0.2, 0.25) is 0 Å². The number of para-hydroxylation sites is 1. The zero-order chi connectivity index (χ0) is 13.4. The first-order chi connectivity index (χ1) is 8.78. The molecule has 0 aromatic heterocycles. The van der Waals surface area contributed by atoms with Crippen molar-refractivity contribution in [1.29, 1.82) is 0 Å². The fourth-order valence-corrected chi connectivity index (χ4v) is 1.77. The topological polar surface area (TPSA) is 56.5 Å². The van der Waals surface area contributed by atoms with Crippen molar-refractivity contribution >= 4 is 0 Å². The second-order valence-corrected chi connectivity index (χ2v) is 3.68. The molecule has 0 fully saturated rings. The van der Waals surface area contributed by atoms with Crippen molar-refractivity contribution in [3.8, 4) is 23.3 Å². The van der Waals surface area contributed by atoms with Gasteiger partial charge in [-0.25, -0.2) is 0 Å². The molecule has 0 aliphatic rings. The number of benzene rings is 1. The minimum Gasteiger partial charge on any atom is -0.493 e. The van der Waals surface area contributed by atoms with Crippen LogP contribution in [0.1, 0.15) is 18.5 Å².